The summed E-state index contributed by atoms with van der Waals surface area (Å²) in [5, 5.41) is 2.63. The standard InChI is InChI=1S/C13H21N3O3S.ClH/c1-9(2)12(14)13(17)15-10-6-5-7-11(8-10)20(18,19)16(3)4;/h5-9,12H,14H2,1-4H3,(H,15,17);1H/t12-;/m0./s1. The number of halogens is 1. The minimum Gasteiger partial charge on any atom is -0.325 e. The molecule has 120 valence electrons. The minimum atomic E-state index is -3.52. The average molecular weight is 336 g/mol. The molecule has 0 heterocycles. The van der Waals surface area contributed by atoms with Gasteiger partial charge in [0, 0.05) is 19.8 Å². The molecule has 21 heavy (non-hydrogen) atoms. The van der Waals surface area contributed by atoms with Gasteiger partial charge in [-0.3, -0.25) is 4.79 Å². The first-order valence-corrected chi connectivity index (χ1v) is 7.69. The second-order valence-electron chi connectivity index (χ2n) is 5.07. The number of rotatable bonds is 5. The molecular weight excluding hydrogens is 314 g/mol. The molecule has 1 aromatic carbocycles. The molecular formula is C13H22ClN3O3S. The van der Waals surface area contributed by atoms with E-state index in [0.29, 0.717) is 5.69 Å². The van der Waals surface area contributed by atoms with Crippen LogP contribution in [0.15, 0.2) is 29.2 Å². The average Bonchev–Trinajstić information content (AvgIpc) is 2.37. The van der Waals surface area contributed by atoms with Gasteiger partial charge in [-0.2, -0.15) is 0 Å². The molecule has 8 heteroatoms. The Balaban J connectivity index is 0.00000400. The number of anilines is 1. The maximum Gasteiger partial charge on any atom is 0.242 e. The van der Waals surface area contributed by atoms with Crippen molar-refractivity contribution >= 4 is 34.0 Å². The Kier molecular flexibility index (Phi) is 7.32. The van der Waals surface area contributed by atoms with E-state index in [9.17, 15) is 13.2 Å². The van der Waals surface area contributed by atoms with Crippen LogP contribution < -0.4 is 11.1 Å². The van der Waals surface area contributed by atoms with Crippen LogP contribution in [0.25, 0.3) is 0 Å². The fraction of sp³-hybridized carbons (Fsp3) is 0.462. The smallest absolute Gasteiger partial charge is 0.242 e. The third-order valence-electron chi connectivity index (χ3n) is 2.90. The Morgan fingerprint density at radius 3 is 2.33 bits per heavy atom. The molecule has 1 rings (SSSR count). The summed E-state index contributed by atoms with van der Waals surface area (Å²) in [5.74, 6) is -0.330. The van der Waals surface area contributed by atoms with E-state index >= 15 is 0 Å². The highest BCUT2D eigenvalue weighted by Crippen LogP contribution is 2.18. The Labute approximate surface area is 132 Å². The van der Waals surface area contributed by atoms with E-state index < -0.39 is 16.1 Å². The van der Waals surface area contributed by atoms with Gasteiger partial charge in [-0.1, -0.05) is 19.9 Å². The fourth-order valence-corrected chi connectivity index (χ4v) is 2.42. The van der Waals surface area contributed by atoms with Crippen LogP contribution >= 0.6 is 12.4 Å². The molecule has 0 spiro atoms. The topological polar surface area (TPSA) is 92.5 Å². The van der Waals surface area contributed by atoms with Crippen molar-refractivity contribution in [3.63, 3.8) is 0 Å². The van der Waals surface area contributed by atoms with E-state index in [1.54, 1.807) is 12.1 Å². The zero-order chi connectivity index (χ0) is 15.5. The van der Waals surface area contributed by atoms with E-state index in [-0.39, 0.29) is 29.1 Å². The SMILES string of the molecule is CC(C)[C@H](N)C(=O)Nc1cccc(S(=O)(=O)N(C)C)c1.Cl. The number of nitrogens with two attached hydrogens (primary N) is 1. The maximum absolute atomic E-state index is 12.0. The van der Waals surface area contributed by atoms with Crippen molar-refractivity contribution in [2.24, 2.45) is 11.7 Å². The summed E-state index contributed by atoms with van der Waals surface area (Å²) in [5.41, 5.74) is 6.15. The third-order valence-corrected chi connectivity index (χ3v) is 4.71. The number of carbonyl (C=O) groups excluding carboxylic acids is 1. The second kappa shape index (κ2) is 7.74. The van der Waals surface area contributed by atoms with Crippen molar-refractivity contribution in [3.05, 3.63) is 24.3 Å². The Hall–Kier alpha value is -1.15. The van der Waals surface area contributed by atoms with Crippen LogP contribution in [0.2, 0.25) is 0 Å². The molecule has 1 amide bonds. The lowest BCUT2D eigenvalue weighted by Gasteiger charge is -2.16. The van der Waals surface area contributed by atoms with E-state index in [1.165, 1.54) is 26.2 Å². The summed E-state index contributed by atoms with van der Waals surface area (Å²) >= 11 is 0. The molecule has 0 fully saturated rings. The molecule has 0 unspecified atom stereocenters. The van der Waals surface area contributed by atoms with Crippen LogP contribution in [0.3, 0.4) is 0 Å². The molecule has 0 aliphatic rings. The summed E-state index contributed by atoms with van der Waals surface area (Å²) in [7, 11) is -0.614. The second-order valence-corrected chi connectivity index (χ2v) is 7.23. The van der Waals surface area contributed by atoms with E-state index in [2.05, 4.69) is 5.32 Å². The van der Waals surface area contributed by atoms with Crippen LogP contribution in [-0.4, -0.2) is 38.8 Å². The van der Waals surface area contributed by atoms with Crippen molar-refractivity contribution < 1.29 is 13.2 Å². The monoisotopic (exact) mass is 335 g/mol. The number of nitrogens with one attached hydrogen (secondary N) is 1. The number of nitrogens with zero attached hydrogens (tertiary/aromatic N) is 1. The van der Waals surface area contributed by atoms with Gasteiger partial charge >= 0.3 is 0 Å². The Morgan fingerprint density at radius 2 is 1.86 bits per heavy atom. The molecule has 0 radical (unpaired) electrons. The van der Waals surface area contributed by atoms with E-state index in [1.807, 2.05) is 13.8 Å². The summed E-state index contributed by atoms with van der Waals surface area (Å²) in [6.07, 6.45) is 0. The van der Waals surface area contributed by atoms with E-state index in [0.717, 1.165) is 4.31 Å². The van der Waals surface area contributed by atoms with Gasteiger partial charge in [0.25, 0.3) is 0 Å². The highest BCUT2D eigenvalue weighted by Gasteiger charge is 2.20. The van der Waals surface area contributed by atoms with Crippen LogP contribution in [0.5, 0.6) is 0 Å². The lowest BCUT2D eigenvalue weighted by Crippen LogP contribution is -2.39. The summed E-state index contributed by atoms with van der Waals surface area (Å²) in [6, 6.07) is 5.46. The van der Waals surface area contributed by atoms with Gasteiger partial charge in [0.05, 0.1) is 10.9 Å². The number of benzene rings is 1. The summed E-state index contributed by atoms with van der Waals surface area (Å²) in [6.45, 7) is 3.69. The molecule has 0 saturated carbocycles. The molecule has 0 aromatic heterocycles. The Bertz CT molecular complexity index is 588. The van der Waals surface area contributed by atoms with Crippen molar-refractivity contribution in [3.8, 4) is 0 Å². The summed E-state index contributed by atoms with van der Waals surface area (Å²) < 4.78 is 25.1. The fourth-order valence-electron chi connectivity index (χ4n) is 1.47. The molecule has 0 saturated heterocycles. The van der Waals surface area contributed by atoms with Crippen molar-refractivity contribution in [2.75, 3.05) is 19.4 Å². The van der Waals surface area contributed by atoms with Gasteiger partial charge in [0.2, 0.25) is 15.9 Å². The van der Waals surface area contributed by atoms with Crippen molar-refractivity contribution in [1.82, 2.24) is 4.31 Å². The van der Waals surface area contributed by atoms with Gasteiger partial charge in [-0.25, -0.2) is 12.7 Å². The third kappa shape index (κ3) is 4.96. The van der Waals surface area contributed by atoms with Gasteiger partial charge < -0.3 is 11.1 Å². The van der Waals surface area contributed by atoms with Crippen molar-refractivity contribution in [1.29, 1.82) is 0 Å². The van der Waals surface area contributed by atoms with Crippen LogP contribution in [0.4, 0.5) is 5.69 Å². The highest BCUT2D eigenvalue weighted by molar-refractivity contribution is 7.89. The molecule has 1 atom stereocenters. The number of sulfonamides is 1. The number of hydrogen-bond donors (Lipinski definition) is 2. The highest BCUT2D eigenvalue weighted by atomic mass is 35.5. The van der Waals surface area contributed by atoms with Gasteiger partial charge in [-0.05, 0) is 24.1 Å². The first-order valence-electron chi connectivity index (χ1n) is 6.25. The van der Waals surface area contributed by atoms with Crippen molar-refractivity contribution in [2.45, 2.75) is 24.8 Å². The number of hydrogen-bond acceptors (Lipinski definition) is 4. The van der Waals surface area contributed by atoms with Gasteiger partial charge in [0.1, 0.15) is 0 Å². The predicted octanol–water partition coefficient (Wildman–Crippen LogP) is 1.28. The molecule has 0 aliphatic carbocycles. The summed E-state index contributed by atoms with van der Waals surface area (Å²) in [4.78, 5) is 12.0. The zero-order valence-corrected chi connectivity index (χ0v) is 14.2. The Morgan fingerprint density at radius 1 is 1.29 bits per heavy atom. The largest absolute Gasteiger partial charge is 0.325 e. The molecule has 1 aromatic rings. The lowest BCUT2D eigenvalue weighted by atomic mass is 10.1. The maximum atomic E-state index is 12.0. The van der Waals surface area contributed by atoms with Crippen LogP contribution in [0, 0.1) is 5.92 Å². The molecule has 0 bridgehead atoms. The van der Waals surface area contributed by atoms with Gasteiger partial charge in [-0.15, -0.1) is 12.4 Å². The molecule has 3 N–H and O–H groups in total. The first-order chi connectivity index (χ1) is 9.16. The zero-order valence-electron chi connectivity index (χ0n) is 12.5. The van der Waals surface area contributed by atoms with Crippen LogP contribution in [0.1, 0.15) is 13.8 Å². The first kappa shape index (κ1) is 19.9. The normalized spacial score (nSPS) is 12.9. The number of carbonyl (C=O) groups is 1. The quantitative estimate of drug-likeness (QED) is 0.847. The molecule has 0 aliphatic heterocycles. The number of amides is 1. The van der Waals surface area contributed by atoms with E-state index in [4.69, 9.17) is 5.73 Å². The lowest BCUT2D eigenvalue weighted by molar-refractivity contribution is -0.118. The predicted molar refractivity (Wildman–Crippen MR) is 86.0 cm³/mol. The molecule has 6 nitrogen and oxygen atoms in total. The van der Waals surface area contributed by atoms with Gasteiger partial charge in [0.15, 0.2) is 0 Å². The minimum absolute atomic E-state index is 0. The van der Waals surface area contributed by atoms with Crippen LogP contribution in [-0.2, 0) is 14.8 Å².